The molecule has 1 aromatic carbocycles. The fraction of sp³-hybridized carbons (Fsp3) is 0.536. The lowest BCUT2D eigenvalue weighted by molar-refractivity contribution is -0.132. The quantitative estimate of drug-likeness (QED) is 0.320. The van der Waals surface area contributed by atoms with E-state index in [0.717, 1.165) is 30.6 Å². The highest BCUT2D eigenvalue weighted by Gasteiger charge is 2.47. The van der Waals surface area contributed by atoms with Gasteiger partial charge >= 0.3 is 5.97 Å². The molecule has 5 heteroatoms. The van der Waals surface area contributed by atoms with E-state index >= 15 is 0 Å². The Hall–Kier alpha value is -2.69. The van der Waals surface area contributed by atoms with Gasteiger partial charge in [0.05, 0.1) is 6.61 Å². The summed E-state index contributed by atoms with van der Waals surface area (Å²) in [5, 5.41) is 0. The molecule has 0 spiro atoms. The first-order chi connectivity index (χ1) is 16.1. The highest BCUT2D eigenvalue weighted by Crippen LogP contribution is 2.59. The first-order valence-corrected chi connectivity index (χ1v) is 12.5. The van der Waals surface area contributed by atoms with Crippen LogP contribution in [0.1, 0.15) is 86.8 Å². The Bertz CT molecular complexity index is 1020. The average molecular weight is 448 g/mol. The van der Waals surface area contributed by atoms with Crippen molar-refractivity contribution in [3.8, 4) is 11.5 Å². The third kappa shape index (κ3) is 4.68. The molecule has 5 rings (SSSR count). The normalized spacial score (nSPS) is 26.0. The fourth-order valence-corrected chi connectivity index (χ4v) is 6.57. The van der Waals surface area contributed by atoms with Crippen LogP contribution >= 0.6 is 0 Å². The number of hydrogen-bond acceptors (Lipinski definition) is 5. The number of aromatic nitrogens is 1. The lowest BCUT2D eigenvalue weighted by Gasteiger charge is -2.49. The van der Waals surface area contributed by atoms with E-state index < -0.39 is 0 Å². The Labute approximate surface area is 195 Å². The molecule has 0 aliphatic heterocycles. The van der Waals surface area contributed by atoms with Gasteiger partial charge in [0, 0.05) is 43.8 Å². The van der Waals surface area contributed by atoms with E-state index in [0.29, 0.717) is 48.7 Å². The number of pyridine rings is 1. The fourth-order valence-electron chi connectivity index (χ4n) is 6.57. The zero-order valence-corrected chi connectivity index (χ0v) is 19.4. The third-order valence-corrected chi connectivity index (χ3v) is 7.86. The molecule has 0 saturated heterocycles. The van der Waals surface area contributed by atoms with Crippen molar-refractivity contribution >= 4 is 11.8 Å². The number of ketones is 1. The summed E-state index contributed by atoms with van der Waals surface area (Å²) in [6.45, 7) is 2.04. The van der Waals surface area contributed by atoms with Gasteiger partial charge in [-0.25, -0.2) is 0 Å². The summed E-state index contributed by atoms with van der Waals surface area (Å²) in [7, 11) is 0. The van der Waals surface area contributed by atoms with Crippen molar-refractivity contribution in [3.63, 3.8) is 0 Å². The minimum atomic E-state index is -0.324. The maximum atomic E-state index is 12.4. The van der Waals surface area contributed by atoms with Crippen molar-refractivity contribution in [3.05, 3.63) is 53.3 Å². The Morgan fingerprint density at radius 2 is 1.97 bits per heavy atom. The molecule has 3 aliphatic carbocycles. The van der Waals surface area contributed by atoms with Crippen LogP contribution in [-0.4, -0.2) is 23.3 Å². The van der Waals surface area contributed by atoms with E-state index in [1.165, 1.54) is 43.7 Å². The number of fused-ring (bicyclic) bond motifs is 6. The Balaban J connectivity index is 1.44. The third-order valence-electron chi connectivity index (χ3n) is 7.86. The van der Waals surface area contributed by atoms with E-state index in [9.17, 15) is 9.59 Å². The number of carbonyl (C=O) groups excluding carboxylic acids is 2. The molecular formula is C28H33NO4. The van der Waals surface area contributed by atoms with Gasteiger partial charge in [0.25, 0.3) is 0 Å². The van der Waals surface area contributed by atoms with Gasteiger partial charge in [0.15, 0.2) is 0 Å². The molecule has 174 valence electrons. The summed E-state index contributed by atoms with van der Waals surface area (Å²) >= 11 is 0. The lowest BCUT2D eigenvalue weighted by atomic mass is 9.55. The van der Waals surface area contributed by atoms with Crippen LogP contribution in [0.2, 0.25) is 0 Å². The molecule has 0 amide bonds. The van der Waals surface area contributed by atoms with Crippen LogP contribution in [0.5, 0.6) is 11.5 Å². The number of esters is 1. The number of hydrogen-bond donors (Lipinski definition) is 0. The van der Waals surface area contributed by atoms with Crippen LogP contribution in [0.15, 0.2) is 36.7 Å². The number of benzene rings is 1. The van der Waals surface area contributed by atoms with E-state index in [-0.39, 0.29) is 11.9 Å². The number of carbonyl (C=O) groups is 2. The summed E-state index contributed by atoms with van der Waals surface area (Å²) < 4.78 is 11.9. The Morgan fingerprint density at radius 1 is 1.12 bits per heavy atom. The Morgan fingerprint density at radius 3 is 2.79 bits per heavy atom. The molecule has 2 fully saturated rings. The van der Waals surface area contributed by atoms with Crippen LogP contribution < -0.4 is 9.47 Å². The molecule has 4 atom stereocenters. The summed E-state index contributed by atoms with van der Waals surface area (Å²) in [4.78, 5) is 28.6. The highest BCUT2D eigenvalue weighted by atomic mass is 16.5. The molecule has 0 bridgehead atoms. The standard InChI is InChI=1S/C28H33NO4/c1-18(30)33-27-16-21(32-13-5-7-19-6-4-12-29-17-19)15-26-23-9-3-2-8-22(23)24-11-10-20(31)14-25(24)28(26)27/h4,6,12,15-17,22-25H,2-3,5,7-11,13-14H2,1H3/t22-,23-,24+,25-/m1/s1. The maximum absolute atomic E-state index is 12.4. The summed E-state index contributed by atoms with van der Waals surface area (Å²) in [5.74, 6) is 3.15. The zero-order chi connectivity index (χ0) is 22.8. The van der Waals surface area contributed by atoms with Gasteiger partial charge in [-0.1, -0.05) is 18.9 Å². The molecule has 33 heavy (non-hydrogen) atoms. The van der Waals surface area contributed by atoms with Crippen molar-refractivity contribution in [1.29, 1.82) is 0 Å². The number of aryl methyl sites for hydroxylation is 1. The highest BCUT2D eigenvalue weighted by molar-refractivity contribution is 5.81. The van der Waals surface area contributed by atoms with Crippen LogP contribution in [-0.2, 0) is 16.0 Å². The largest absolute Gasteiger partial charge is 0.493 e. The molecule has 0 unspecified atom stereocenters. The molecule has 0 N–H and O–H groups in total. The molecular weight excluding hydrogens is 414 g/mol. The van der Waals surface area contributed by atoms with Crippen molar-refractivity contribution in [2.45, 2.75) is 76.5 Å². The van der Waals surface area contributed by atoms with Crippen molar-refractivity contribution < 1.29 is 19.1 Å². The van der Waals surface area contributed by atoms with Crippen molar-refractivity contribution in [2.75, 3.05) is 6.61 Å². The van der Waals surface area contributed by atoms with Crippen molar-refractivity contribution in [2.24, 2.45) is 11.8 Å². The molecule has 0 radical (unpaired) electrons. The predicted molar refractivity (Wildman–Crippen MR) is 126 cm³/mol. The minimum Gasteiger partial charge on any atom is -0.493 e. The monoisotopic (exact) mass is 447 g/mol. The number of Topliss-reactive ketones (excluding diaryl/α,β-unsaturated/α-hetero) is 1. The minimum absolute atomic E-state index is 0.162. The molecule has 2 aromatic rings. The van der Waals surface area contributed by atoms with E-state index in [4.69, 9.17) is 9.47 Å². The molecule has 1 aromatic heterocycles. The lowest BCUT2D eigenvalue weighted by Crippen LogP contribution is -2.39. The topological polar surface area (TPSA) is 65.5 Å². The summed E-state index contributed by atoms with van der Waals surface area (Å²) in [6, 6.07) is 8.10. The summed E-state index contributed by atoms with van der Waals surface area (Å²) in [5.41, 5.74) is 3.57. The number of rotatable bonds is 6. The number of nitrogens with zero attached hydrogens (tertiary/aromatic N) is 1. The van der Waals surface area contributed by atoms with Gasteiger partial charge in [0.1, 0.15) is 17.3 Å². The van der Waals surface area contributed by atoms with Gasteiger partial charge in [0.2, 0.25) is 0 Å². The van der Waals surface area contributed by atoms with Gasteiger partial charge in [-0.15, -0.1) is 0 Å². The predicted octanol–water partition coefficient (Wildman–Crippen LogP) is 5.76. The molecule has 3 aliphatic rings. The van der Waals surface area contributed by atoms with Crippen LogP contribution in [0, 0.1) is 11.8 Å². The first kappa shape index (κ1) is 22.1. The van der Waals surface area contributed by atoms with Gasteiger partial charge in [-0.2, -0.15) is 0 Å². The van der Waals surface area contributed by atoms with Crippen LogP contribution in [0.25, 0.3) is 0 Å². The summed E-state index contributed by atoms with van der Waals surface area (Å²) in [6.07, 6.45) is 12.6. The second kappa shape index (κ2) is 9.66. The van der Waals surface area contributed by atoms with Crippen LogP contribution in [0.3, 0.4) is 0 Å². The Kier molecular flexibility index (Phi) is 6.48. The first-order valence-electron chi connectivity index (χ1n) is 12.5. The second-order valence-electron chi connectivity index (χ2n) is 9.94. The van der Waals surface area contributed by atoms with E-state index in [2.05, 4.69) is 17.1 Å². The van der Waals surface area contributed by atoms with Gasteiger partial charge < -0.3 is 9.47 Å². The van der Waals surface area contributed by atoms with E-state index in [1.807, 2.05) is 18.3 Å². The van der Waals surface area contributed by atoms with Crippen LogP contribution in [0.4, 0.5) is 0 Å². The molecule has 2 saturated carbocycles. The van der Waals surface area contributed by atoms with E-state index in [1.54, 1.807) is 6.20 Å². The van der Waals surface area contributed by atoms with Gasteiger partial charge in [-0.05, 0) is 79.0 Å². The van der Waals surface area contributed by atoms with Gasteiger partial charge in [-0.3, -0.25) is 14.6 Å². The SMILES string of the molecule is CC(=O)Oc1cc(OCCCc2cccnc2)cc2c1[C@@H]1CC(=O)CC[C@H]1[C@@H]1CCCC[C@@H]21. The average Bonchev–Trinajstić information content (AvgIpc) is 2.82. The smallest absolute Gasteiger partial charge is 0.308 e. The molecule has 1 heterocycles. The molecule has 5 nitrogen and oxygen atoms in total. The second-order valence-corrected chi connectivity index (χ2v) is 9.94. The van der Waals surface area contributed by atoms with Crippen molar-refractivity contribution in [1.82, 2.24) is 4.98 Å². The number of ether oxygens (including phenoxy) is 2. The zero-order valence-electron chi connectivity index (χ0n) is 19.4. The maximum Gasteiger partial charge on any atom is 0.308 e.